The lowest BCUT2D eigenvalue weighted by Crippen LogP contribution is -2.26. The van der Waals surface area contributed by atoms with Gasteiger partial charge in [-0.15, -0.1) is 0 Å². The van der Waals surface area contributed by atoms with Crippen molar-refractivity contribution >= 4 is 17.1 Å². The van der Waals surface area contributed by atoms with E-state index in [0.717, 1.165) is 11.1 Å². The van der Waals surface area contributed by atoms with Crippen molar-refractivity contribution in [3.8, 4) is 5.75 Å². The highest BCUT2D eigenvalue weighted by Crippen LogP contribution is 2.37. The second-order valence-corrected chi connectivity index (χ2v) is 9.85. The predicted octanol–water partition coefficient (Wildman–Crippen LogP) is 6.71. The standard InChI is InChI=1S/C25H27O3S/c1-18-16-20(27-24(26)28-25(3,4)5)17-19(2)23(18)29(21-12-8-6-9-13-21)22-14-10-7-11-15-22/h6-17H,1-5H3/q+1. The molecule has 0 atom stereocenters. The Hall–Kier alpha value is -2.72. The lowest BCUT2D eigenvalue weighted by Gasteiger charge is -2.19. The van der Waals surface area contributed by atoms with Crippen LogP contribution in [0.1, 0.15) is 31.9 Å². The van der Waals surface area contributed by atoms with E-state index in [4.69, 9.17) is 9.47 Å². The number of hydrogen-bond acceptors (Lipinski definition) is 3. The molecule has 3 nitrogen and oxygen atoms in total. The minimum absolute atomic E-state index is 0.246. The molecule has 3 aromatic rings. The van der Waals surface area contributed by atoms with E-state index in [1.165, 1.54) is 14.7 Å². The van der Waals surface area contributed by atoms with Crippen molar-refractivity contribution in [1.82, 2.24) is 0 Å². The largest absolute Gasteiger partial charge is 0.514 e. The first-order chi connectivity index (χ1) is 13.7. The quantitative estimate of drug-likeness (QED) is 0.274. The molecule has 0 aliphatic carbocycles. The first-order valence-electron chi connectivity index (χ1n) is 9.61. The summed E-state index contributed by atoms with van der Waals surface area (Å²) in [5, 5.41) is 0. The van der Waals surface area contributed by atoms with Crippen LogP contribution in [-0.2, 0) is 15.6 Å². The summed E-state index contributed by atoms with van der Waals surface area (Å²) in [5.74, 6) is 0.502. The van der Waals surface area contributed by atoms with Crippen LogP contribution in [0.25, 0.3) is 0 Å². The molecule has 150 valence electrons. The third kappa shape index (κ3) is 5.42. The van der Waals surface area contributed by atoms with Gasteiger partial charge in [-0.3, -0.25) is 0 Å². The molecule has 4 heteroatoms. The lowest BCUT2D eigenvalue weighted by molar-refractivity contribution is 0.0206. The van der Waals surface area contributed by atoms with Crippen molar-refractivity contribution in [1.29, 1.82) is 0 Å². The Bertz CT molecular complexity index is 913. The Kier molecular flexibility index (Phi) is 6.33. The molecule has 29 heavy (non-hydrogen) atoms. The van der Waals surface area contributed by atoms with Gasteiger partial charge in [-0.25, -0.2) is 4.79 Å². The van der Waals surface area contributed by atoms with E-state index in [-0.39, 0.29) is 10.9 Å². The molecule has 0 heterocycles. The monoisotopic (exact) mass is 407 g/mol. The van der Waals surface area contributed by atoms with Crippen LogP contribution >= 0.6 is 0 Å². The highest BCUT2D eigenvalue weighted by molar-refractivity contribution is 7.97. The van der Waals surface area contributed by atoms with Gasteiger partial charge in [0.2, 0.25) is 0 Å². The van der Waals surface area contributed by atoms with Gasteiger partial charge in [-0.1, -0.05) is 36.4 Å². The summed E-state index contributed by atoms with van der Waals surface area (Å²) in [4.78, 5) is 15.8. The molecule has 0 aliphatic rings. The van der Waals surface area contributed by atoms with E-state index in [9.17, 15) is 4.79 Å². The maximum absolute atomic E-state index is 12.1. The SMILES string of the molecule is Cc1cc(OC(=O)OC(C)(C)C)cc(C)c1[S+](c1ccccc1)c1ccccc1. The van der Waals surface area contributed by atoms with Gasteiger partial charge in [0.25, 0.3) is 0 Å². The number of carbonyl (C=O) groups excluding carboxylic acids is 1. The second kappa shape index (κ2) is 8.75. The highest BCUT2D eigenvalue weighted by Gasteiger charge is 2.32. The van der Waals surface area contributed by atoms with Crippen LogP contribution in [-0.4, -0.2) is 11.8 Å². The first-order valence-corrected chi connectivity index (χ1v) is 10.8. The van der Waals surface area contributed by atoms with E-state index >= 15 is 0 Å². The zero-order chi connectivity index (χ0) is 21.0. The molecule has 0 saturated carbocycles. The van der Waals surface area contributed by atoms with Gasteiger partial charge in [0.1, 0.15) is 11.4 Å². The van der Waals surface area contributed by atoms with E-state index in [2.05, 4.69) is 62.4 Å². The minimum Gasteiger partial charge on any atom is -0.428 e. The summed E-state index contributed by atoms with van der Waals surface area (Å²) in [6, 6.07) is 24.9. The van der Waals surface area contributed by atoms with Crippen LogP contribution in [0.4, 0.5) is 4.79 Å². The Balaban J connectivity index is 2.01. The summed E-state index contributed by atoms with van der Waals surface area (Å²) in [7, 11) is -0.246. The third-order valence-electron chi connectivity index (χ3n) is 4.19. The van der Waals surface area contributed by atoms with Crippen molar-refractivity contribution in [2.24, 2.45) is 0 Å². The van der Waals surface area contributed by atoms with E-state index < -0.39 is 11.8 Å². The predicted molar refractivity (Wildman–Crippen MR) is 118 cm³/mol. The average Bonchev–Trinajstić information content (AvgIpc) is 2.64. The Labute approximate surface area is 176 Å². The van der Waals surface area contributed by atoms with Gasteiger partial charge in [0, 0.05) is 11.1 Å². The smallest absolute Gasteiger partial charge is 0.428 e. The number of aryl methyl sites for hydroxylation is 2. The fourth-order valence-corrected chi connectivity index (χ4v) is 5.51. The Morgan fingerprint density at radius 3 is 1.66 bits per heavy atom. The summed E-state index contributed by atoms with van der Waals surface area (Å²) < 4.78 is 10.7. The molecule has 0 bridgehead atoms. The van der Waals surface area contributed by atoms with Crippen LogP contribution in [0, 0.1) is 13.8 Å². The van der Waals surface area contributed by atoms with Crippen LogP contribution in [0.3, 0.4) is 0 Å². The molecule has 3 aromatic carbocycles. The average molecular weight is 408 g/mol. The first kappa shape index (κ1) is 21.0. The van der Waals surface area contributed by atoms with Crippen LogP contribution < -0.4 is 4.74 Å². The van der Waals surface area contributed by atoms with Gasteiger partial charge in [0.05, 0.1) is 10.9 Å². The molecule has 0 saturated heterocycles. The molecule has 0 spiro atoms. The number of rotatable bonds is 4. The summed E-state index contributed by atoms with van der Waals surface area (Å²) in [6.07, 6.45) is -0.686. The van der Waals surface area contributed by atoms with Gasteiger partial charge in [-0.05, 0) is 71.0 Å². The van der Waals surface area contributed by atoms with Crippen molar-refractivity contribution in [3.63, 3.8) is 0 Å². The highest BCUT2D eigenvalue weighted by atomic mass is 32.2. The normalized spacial score (nSPS) is 11.4. The molecular weight excluding hydrogens is 380 g/mol. The fraction of sp³-hybridized carbons (Fsp3) is 0.240. The Morgan fingerprint density at radius 2 is 1.24 bits per heavy atom. The summed E-state index contributed by atoms with van der Waals surface area (Å²) in [6.45, 7) is 9.59. The van der Waals surface area contributed by atoms with Gasteiger partial charge in [-0.2, -0.15) is 0 Å². The van der Waals surface area contributed by atoms with E-state index in [1.807, 2.05) is 45.0 Å². The van der Waals surface area contributed by atoms with E-state index in [1.54, 1.807) is 0 Å². The zero-order valence-electron chi connectivity index (χ0n) is 17.6. The zero-order valence-corrected chi connectivity index (χ0v) is 18.4. The van der Waals surface area contributed by atoms with Gasteiger partial charge in [0.15, 0.2) is 14.7 Å². The molecule has 0 aromatic heterocycles. The van der Waals surface area contributed by atoms with Crippen LogP contribution in [0.2, 0.25) is 0 Å². The van der Waals surface area contributed by atoms with Gasteiger partial charge < -0.3 is 9.47 Å². The number of ether oxygens (including phenoxy) is 2. The Morgan fingerprint density at radius 1 is 0.793 bits per heavy atom. The topological polar surface area (TPSA) is 35.5 Å². The molecule has 0 N–H and O–H groups in total. The molecule has 0 unspecified atom stereocenters. The van der Waals surface area contributed by atoms with E-state index in [0.29, 0.717) is 5.75 Å². The van der Waals surface area contributed by atoms with Crippen molar-refractivity contribution in [3.05, 3.63) is 83.9 Å². The molecule has 0 aliphatic heterocycles. The van der Waals surface area contributed by atoms with Crippen molar-refractivity contribution in [2.45, 2.75) is 54.9 Å². The molecular formula is C25H27O3S+. The third-order valence-corrected chi connectivity index (χ3v) is 6.73. The summed E-state index contributed by atoms with van der Waals surface area (Å²) >= 11 is 0. The van der Waals surface area contributed by atoms with Crippen LogP contribution in [0.15, 0.2) is 87.5 Å². The number of carbonyl (C=O) groups is 1. The van der Waals surface area contributed by atoms with Crippen LogP contribution in [0.5, 0.6) is 5.75 Å². The lowest BCUT2D eigenvalue weighted by atomic mass is 10.1. The molecule has 0 fully saturated rings. The van der Waals surface area contributed by atoms with Gasteiger partial charge >= 0.3 is 6.16 Å². The molecule has 0 amide bonds. The number of hydrogen-bond donors (Lipinski definition) is 0. The van der Waals surface area contributed by atoms with Crippen molar-refractivity contribution in [2.75, 3.05) is 0 Å². The fourth-order valence-electron chi connectivity index (χ4n) is 3.14. The molecule has 3 rings (SSSR count). The maximum atomic E-state index is 12.1. The molecule has 0 radical (unpaired) electrons. The second-order valence-electron chi connectivity index (χ2n) is 7.88. The number of benzene rings is 3. The minimum atomic E-state index is -0.686. The van der Waals surface area contributed by atoms with Crippen molar-refractivity contribution < 1.29 is 14.3 Å². The summed E-state index contributed by atoms with van der Waals surface area (Å²) in [5.41, 5.74) is 1.58. The maximum Gasteiger partial charge on any atom is 0.514 e.